The topological polar surface area (TPSA) is 55.5 Å². The van der Waals surface area contributed by atoms with Gasteiger partial charge in [-0.15, -0.1) is 0 Å². The standard InChI is InChI=1S/C11H16FNO2/c1-8(15-7-11(13)6-14)9-2-4-10(12)5-3-9/h2-5,8,11,14H,6-7,13H2,1H3/t8-,11?/m0/s1. The van der Waals surface area contributed by atoms with Gasteiger partial charge in [0.05, 0.1) is 25.4 Å². The lowest BCUT2D eigenvalue weighted by molar-refractivity contribution is 0.0448. The molecule has 3 N–H and O–H groups in total. The van der Waals surface area contributed by atoms with Crippen LogP contribution < -0.4 is 5.73 Å². The Morgan fingerprint density at radius 2 is 2.00 bits per heavy atom. The van der Waals surface area contributed by atoms with Crippen LogP contribution in [0.1, 0.15) is 18.6 Å². The van der Waals surface area contributed by atoms with Crippen LogP contribution in [0, 0.1) is 5.82 Å². The van der Waals surface area contributed by atoms with Gasteiger partial charge < -0.3 is 15.6 Å². The van der Waals surface area contributed by atoms with Crippen LogP contribution in [0.4, 0.5) is 4.39 Å². The third-order valence-corrected chi connectivity index (χ3v) is 2.13. The maximum absolute atomic E-state index is 12.6. The first-order chi connectivity index (χ1) is 7.13. The van der Waals surface area contributed by atoms with Gasteiger partial charge >= 0.3 is 0 Å². The van der Waals surface area contributed by atoms with E-state index in [1.807, 2.05) is 6.92 Å². The minimum Gasteiger partial charge on any atom is -0.395 e. The second-order valence-corrected chi connectivity index (χ2v) is 3.47. The van der Waals surface area contributed by atoms with Gasteiger partial charge in [-0.2, -0.15) is 0 Å². The number of hydrogen-bond acceptors (Lipinski definition) is 3. The highest BCUT2D eigenvalue weighted by Gasteiger charge is 2.08. The van der Waals surface area contributed by atoms with Gasteiger partial charge in [0, 0.05) is 0 Å². The third-order valence-electron chi connectivity index (χ3n) is 2.13. The van der Waals surface area contributed by atoms with E-state index in [4.69, 9.17) is 15.6 Å². The van der Waals surface area contributed by atoms with E-state index in [0.29, 0.717) is 0 Å². The molecule has 0 bridgehead atoms. The van der Waals surface area contributed by atoms with Gasteiger partial charge in [-0.1, -0.05) is 12.1 Å². The number of benzene rings is 1. The Bertz CT molecular complexity index is 289. The molecule has 0 spiro atoms. The molecule has 0 aliphatic carbocycles. The van der Waals surface area contributed by atoms with Crippen molar-refractivity contribution in [2.45, 2.75) is 19.1 Å². The number of hydrogen-bond donors (Lipinski definition) is 2. The molecule has 1 rings (SSSR count). The van der Waals surface area contributed by atoms with Gasteiger partial charge in [0.15, 0.2) is 0 Å². The number of nitrogens with two attached hydrogens (primary N) is 1. The molecule has 0 aliphatic heterocycles. The fourth-order valence-electron chi connectivity index (χ4n) is 1.15. The lowest BCUT2D eigenvalue weighted by Crippen LogP contribution is -2.30. The second kappa shape index (κ2) is 5.80. The second-order valence-electron chi connectivity index (χ2n) is 3.47. The van der Waals surface area contributed by atoms with Crippen LogP contribution in [0.25, 0.3) is 0 Å². The van der Waals surface area contributed by atoms with Gasteiger partial charge in [-0.25, -0.2) is 4.39 Å². The lowest BCUT2D eigenvalue weighted by Gasteiger charge is -2.15. The molecule has 0 saturated carbocycles. The Kier molecular flexibility index (Phi) is 4.68. The molecule has 0 fully saturated rings. The van der Waals surface area contributed by atoms with Crippen LogP contribution in [-0.4, -0.2) is 24.4 Å². The average Bonchev–Trinajstić information content (AvgIpc) is 2.26. The first-order valence-electron chi connectivity index (χ1n) is 4.87. The average molecular weight is 213 g/mol. The number of halogens is 1. The first-order valence-corrected chi connectivity index (χ1v) is 4.87. The van der Waals surface area contributed by atoms with E-state index in [0.717, 1.165) is 5.56 Å². The molecule has 0 saturated heterocycles. The van der Waals surface area contributed by atoms with Gasteiger partial charge in [-0.05, 0) is 24.6 Å². The van der Waals surface area contributed by atoms with Gasteiger partial charge in [-0.3, -0.25) is 0 Å². The van der Waals surface area contributed by atoms with Crippen LogP contribution in [0.15, 0.2) is 24.3 Å². The summed E-state index contributed by atoms with van der Waals surface area (Å²) in [5.41, 5.74) is 6.38. The van der Waals surface area contributed by atoms with Gasteiger partial charge in [0.2, 0.25) is 0 Å². The zero-order valence-corrected chi connectivity index (χ0v) is 8.69. The van der Waals surface area contributed by atoms with Crippen molar-refractivity contribution in [1.82, 2.24) is 0 Å². The van der Waals surface area contributed by atoms with Crippen molar-refractivity contribution >= 4 is 0 Å². The molecule has 1 aromatic carbocycles. The van der Waals surface area contributed by atoms with Crippen molar-refractivity contribution in [3.8, 4) is 0 Å². The Morgan fingerprint density at radius 3 is 2.53 bits per heavy atom. The maximum Gasteiger partial charge on any atom is 0.123 e. The van der Waals surface area contributed by atoms with Crippen molar-refractivity contribution in [2.24, 2.45) is 5.73 Å². The predicted octanol–water partition coefficient (Wildman–Crippen LogP) is 1.22. The van der Waals surface area contributed by atoms with E-state index in [2.05, 4.69) is 0 Å². The fraction of sp³-hybridized carbons (Fsp3) is 0.455. The summed E-state index contributed by atoms with van der Waals surface area (Å²) in [5, 5.41) is 8.70. The Labute approximate surface area is 88.7 Å². The summed E-state index contributed by atoms with van der Waals surface area (Å²) >= 11 is 0. The molecule has 0 radical (unpaired) electrons. The summed E-state index contributed by atoms with van der Waals surface area (Å²) in [6.07, 6.45) is -0.150. The number of ether oxygens (including phenoxy) is 1. The van der Waals surface area contributed by atoms with Crippen LogP contribution in [-0.2, 0) is 4.74 Å². The van der Waals surface area contributed by atoms with Crippen molar-refractivity contribution in [2.75, 3.05) is 13.2 Å². The van der Waals surface area contributed by atoms with Gasteiger partial charge in [0.1, 0.15) is 5.82 Å². The molecule has 0 heterocycles. The summed E-state index contributed by atoms with van der Waals surface area (Å²) < 4.78 is 18.0. The lowest BCUT2D eigenvalue weighted by atomic mass is 10.1. The molecule has 4 heteroatoms. The highest BCUT2D eigenvalue weighted by Crippen LogP contribution is 2.16. The Balaban J connectivity index is 2.46. The van der Waals surface area contributed by atoms with Crippen LogP contribution in [0.3, 0.4) is 0 Å². The van der Waals surface area contributed by atoms with Gasteiger partial charge in [0.25, 0.3) is 0 Å². The smallest absolute Gasteiger partial charge is 0.123 e. The largest absolute Gasteiger partial charge is 0.395 e. The first kappa shape index (κ1) is 12.1. The fourth-order valence-corrected chi connectivity index (χ4v) is 1.15. The predicted molar refractivity (Wildman–Crippen MR) is 55.8 cm³/mol. The molecule has 1 aromatic rings. The molecule has 15 heavy (non-hydrogen) atoms. The normalized spacial score (nSPS) is 14.9. The van der Waals surface area contributed by atoms with E-state index in [-0.39, 0.29) is 31.2 Å². The summed E-state index contributed by atoms with van der Waals surface area (Å²) in [7, 11) is 0. The van der Waals surface area contributed by atoms with E-state index in [1.165, 1.54) is 12.1 Å². The highest BCUT2D eigenvalue weighted by atomic mass is 19.1. The Morgan fingerprint density at radius 1 is 1.40 bits per heavy atom. The van der Waals surface area contributed by atoms with Crippen molar-refractivity contribution < 1.29 is 14.2 Å². The van der Waals surface area contributed by atoms with Crippen LogP contribution >= 0.6 is 0 Å². The highest BCUT2D eigenvalue weighted by molar-refractivity contribution is 5.18. The summed E-state index contributed by atoms with van der Waals surface area (Å²) in [6, 6.07) is 5.75. The molecule has 2 atom stereocenters. The molecular formula is C11H16FNO2. The Hall–Kier alpha value is -0.970. The zero-order chi connectivity index (χ0) is 11.3. The quantitative estimate of drug-likeness (QED) is 0.773. The van der Waals surface area contributed by atoms with E-state index in [9.17, 15) is 4.39 Å². The third kappa shape index (κ3) is 3.95. The molecule has 1 unspecified atom stereocenters. The summed E-state index contributed by atoms with van der Waals surface area (Å²) in [5.74, 6) is -0.266. The van der Waals surface area contributed by atoms with E-state index in [1.54, 1.807) is 12.1 Å². The molecule has 84 valence electrons. The molecule has 0 amide bonds. The van der Waals surface area contributed by atoms with Crippen molar-refractivity contribution in [1.29, 1.82) is 0 Å². The van der Waals surface area contributed by atoms with Crippen molar-refractivity contribution in [3.63, 3.8) is 0 Å². The van der Waals surface area contributed by atoms with E-state index >= 15 is 0 Å². The zero-order valence-electron chi connectivity index (χ0n) is 8.69. The SMILES string of the molecule is C[C@H](OCC(N)CO)c1ccc(F)cc1. The van der Waals surface area contributed by atoms with Crippen LogP contribution in [0.2, 0.25) is 0 Å². The minimum absolute atomic E-state index is 0.101. The molecule has 0 aromatic heterocycles. The summed E-state index contributed by atoms with van der Waals surface area (Å²) in [6.45, 7) is 2.04. The maximum atomic E-state index is 12.6. The van der Waals surface area contributed by atoms with Crippen molar-refractivity contribution in [3.05, 3.63) is 35.6 Å². The monoisotopic (exact) mass is 213 g/mol. The minimum atomic E-state index is -0.368. The number of aliphatic hydroxyl groups is 1. The molecular weight excluding hydrogens is 197 g/mol. The van der Waals surface area contributed by atoms with Crippen LogP contribution in [0.5, 0.6) is 0 Å². The number of rotatable bonds is 5. The number of aliphatic hydroxyl groups excluding tert-OH is 1. The molecule has 3 nitrogen and oxygen atoms in total. The molecule has 0 aliphatic rings. The van der Waals surface area contributed by atoms with E-state index < -0.39 is 0 Å². The summed E-state index contributed by atoms with van der Waals surface area (Å²) in [4.78, 5) is 0.